The van der Waals surface area contributed by atoms with Gasteiger partial charge in [0.2, 0.25) is 5.89 Å². The van der Waals surface area contributed by atoms with Gasteiger partial charge in [-0.15, -0.1) is 0 Å². The summed E-state index contributed by atoms with van der Waals surface area (Å²) in [4.78, 5) is 18.0. The highest BCUT2D eigenvalue weighted by atomic mass is 16.5. The highest BCUT2D eigenvalue weighted by molar-refractivity contribution is 5.86. The Morgan fingerprint density at radius 2 is 2.30 bits per heavy atom. The van der Waals surface area contributed by atoms with E-state index >= 15 is 0 Å². The van der Waals surface area contributed by atoms with Gasteiger partial charge in [0.15, 0.2) is 5.69 Å². The van der Waals surface area contributed by atoms with Crippen molar-refractivity contribution in [3.05, 3.63) is 47.7 Å². The number of esters is 1. The number of hydrogen-bond acceptors (Lipinski definition) is 6. The van der Waals surface area contributed by atoms with Gasteiger partial charge in [0.05, 0.1) is 20.8 Å². The van der Waals surface area contributed by atoms with Crippen molar-refractivity contribution >= 4 is 5.97 Å². The van der Waals surface area contributed by atoms with E-state index in [0.717, 1.165) is 25.1 Å². The first-order valence-electron chi connectivity index (χ1n) is 7.62. The molecule has 1 aromatic heterocycles. The maximum absolute atomic E-state index is 11.4. The summed E-state index contributed by atoms with van der Waals surface area (Å²) in [7, 11) is 3.00. The van der Waals surface area contributed by atoms with Gasteiger partial charge in [-0.1, -0.05) is 12.1 Å². The molecule has 3 rings (SSSR count). The van der Waals surface area contributed by atoms with Gasteiger partial charge in [-0.05, 0) is 37.1 Å². The number of likely N-dealkylation sites (tertiary alicyclic amines) is 1. The lowest BCUT2D eigenvalue weighted by molar-refractivity contribution is 0.0594. The number of benzene rings is 1. The minimum Gasteiger partial charge on any atom is -0.497 e. The lowest BCUT2D eigenvalue weighted by Gasteiger charge is -2.23. The lowest BCUT2D eigenvalue weighted by Crippen LogP contribution is -2.23. The maximum atomic E-state index is 11.4. The number of nitrogens with zero attached hydrogens (tertiary/aromatic N) is 2. The number of carbonyl (C=O) groups excluding carboxylic acids is 1. The average molecular weight is 316 g/mol. The van der Waals surface area contributed by atoms with Crippen molar-refractivity contribution in [3.63, 3.8) is 0 Å². The van der Waals surface area contributed by atoms with Gasteiger partial charge in [-0.3, -0.25) is 4.90 Å². The molecule has 1 aromatic carbocycles. The zero-order valence-electron chi connectivity index (χ0n) is 13.3. The first-order chi connectivity index (χ1) is 11.2. The van der Waals surface area contributed by atoms with Crippen LogP contribution in [0.4, 0.5) is 0 Å². The fourth-order valence-corrected chi connectivity index (χ4v) is 3.00. The van der Waals surface area contributed by atoms with Crippen LogP contribution in [0.5, 0.6) is 5.75 Å². The molecule has 6 heteroatoms. The number of aromatic nitrogens is 1. The van der Waals surface area contributed by atoms with E-state index in [1.165, 1.54) is 18.9 Å². The Kier molecular flexibility index (Phi) is 4.62. The Morgan fingerprint density at radius 3 is 3.09 bits per heavy atom. The average Bonchev–Trinajstić information content (AvgIpc) is 3.24. The molecule has 1 atom stereocenters. The summed E-state index contributed by atoms with van der Waals surface area (Å²) in [5.41, 5.74) is 1.43. The molecule has 2 aromatic rings. The third kappa shape index (κ3) is 3.37. The van der Waals surface area contributed by atoms with Crippen LogP contribution in [-0.4, -0.2) is 36.6 Å². The van der Waals surface area contributed by atoms with E-state index < -0.39 is 5.97 Å². The van der Waals surface area contributed by atoms with E-state index in [4.69, 9.17) is 9.15 Å². The number of oxazole rings is 1. The maximum Gasteiger partial charge on any atom is 0.360 e. The molecular weight excluding hydrogens is 296 g/mol. The molecule has 0 saturated carbocycles. The monoisotopic (exact) mass is 316 g/mol. The van der Waals surface area contributed by atoms with Crippen LogP contribution in [0.1, 0.15) is 40.8 Å². The molecule has 0 spiro atoms. The SMILES string of the molecule is COC(=O)c1coc(CN2CCC[C@H]2c2cccc(OC)c2)n1. The number of carbonyl (C=O) groups is 1. The number of hydrogen-bond donors (Lipinski definition) is 0. The Morgan fingerprint density at radius 1 is 1.43 bits per heavy atom. The Hall–Kier alpha value is -2.34. The lowest BCUT2D eigenvalue weighted by atomic mass is 10.0. The molecule has 0 unspecified atom stereocenters. The highest BCUT2D eigenvalue weighted by Gasteiger charge is 2.27. The molecule has 1 fully saturated rings. The van der Waals surface area contributed by atoms with Crippen LogP contribution in [0.2, 0.25) is 0 Å². The molecule has 0 aliphatic carbocycles. The largest absolute Gasteiger partial charge is 0.497 e. The second-order valence-corrected chi connectivity index (χ2v) is 5.52. The first-order valence-corrected chi connectivity index (χ1v) is 7.62. The van der Waals surface area contributed by atoms with Crippen molar-refractivity contribution in [3.8, 4) is 5.75 Å². The van der Waals surface area contributed by atoms with Gasteiger partial charge in [0, 0.05) is 6.04 Å². The van der Waals surface area contributed by atoms with Crippen molar-refractivity contribution < 1.29 is 18.7 Å². The highest BCUT2D eigenvalue weighted by Crippen LogP contribution is 2.34. The Labute approximate surface area is 135 Å². The van der Waals surface area contributed by atoms with Crippen molar-refractivity contribution in [2.75, 3.05) is 20.8 Å². The third-order valence-corrected chi connectivity index (χ3v) is 4.13. The fourth-order valence-electron chi connectivity index (χ4n) is 3.00. The van der Waals surface area contributed by atoms with E-state index in [2.05, 4.69) is 26.8 Å². The van der Waals surface area contributed by atoms with Crippen molar-refractivity contribution in [2.24, 2.45) is 0 Å². The van der Waals surface area contributed by atoms with E-state index in [0.29, 0.717) is 18.5 Å². The van der Waals surface area contributed by atoms with Crippen LogP contribution < -0.4 is 4.74 Å². The standard InChI is InChI=1S/C17H20N2O4/c1-21-13-6-3-5-12(9-13)15-7-4-8-19(15)10-16-18-14(11-23-16)17(20)22-2/h3,5-6,9,11,15H,4,7-8,10H2,1-2H3/t15-/m0/s1. The van der Waals surface area contributed by atoms with Crippen molar-refractivity contribution in [2.45, 2.75) is 25.4 Å². The zero-order valence-corrected chi connectivity index (χ0v) is 13.3. The second-order valence-electron chi connectivity index (χ2n) is 5.52. The van der Waals surface area contributed by atoms with Gasteiger partial charge in [0.1, 0.15) is 12.0 Å². The minimum absolute atomic E-state index is 0.208. The predicted octanol–water partition coefficient (Wildman–Crippen LogP) is 2.81. The summed E-state index contributed by atoms with van der Waals surface area (Å²) >= 11 is 0. The van der Waals surface area contributed by atoms with Gasteiger partial charge in [-0.25, -0.2) is 9.78 Å². The van der Waals surface area contributed by atoms with E-state index in [-0.39, 0.29) is 5.69 Å². The summed E-state index contributed by atoms with van der Waals surface area (Å²) in [6, 6.07) is 8.43. The fraction of sp³-hybridized carbons (Fsp3) is 0.412. The van der Waals surface area contributed by atoms with Crippen LogP contribution in [0.25, 0.3) is 0 Å². The molecule has 0 amide bonds. The van der Waals surface area contributed by atoms with Crippen LogP contribution >= 0.6 is 0 Å². The summed E-state index contributed by atoms with van der Waals surface area (Å²) in [5.74, 6) is 0.907. The molecule has 1 saturated heterocycles. The second kappa shape index (κ2) is 6.83. The van der Waals surface area contributed by atoms with Crippen LogP contribution in [0.3, 0.4) is 0 Å². The third-order valence-electron chi connectivity index (χ3n) is 4.13. The number of rotatable bonds is 5. The van der Waals surface area contributed by atoms with Gasteiger partial charge < -0.3 is 13.9 Å². The summed E-state index contributed by atoms with van der Waals surface area (Å²) in [5, 5.41) is 0. The normalized spacial score (nSPS) is 18.1. The topological polar surface area (TPSA) is 64.8 Å². The summed E-state index contributed by atoms with van der Waals surface area (Å²) in [6.07, 6.45) is 3.54. The molecule has 23 heavy (non-hydrogen) atoms. The Bertz CT molecular complexity index is 683. The van der Waals surface area contributed by atoms with Crippen molar-refractivity contribution in [1.29, 1.82) is 0 Å². The molecule has 0 N–H and O–H groups in total. The van der Waals surface area contributed by atoms with E-state index in [1.54, 1.807) is 7.11 Å². The molecule has 1 aliphatic heterocycles. The smallest absolute Gasteiger partial charge is 0.360 e. The first kappa shape index (κ1) is 15.6. The molecule has 122 valence electrons. The van der Waals surface area contributed by atoms with Crippen LogP contribution in [0, 0.1) is 0 Å². The summed E-state index contributed by atoms with van der Waals surface area (Å²) < 4.78 is 15.4. The van der Waals surface area contributed by atoms with Crippen LogP contribution in [-0.2, 0) is 11.3 Å². The van der Waals surface area contributed by atoms with Crippen LogP contribution in [0.15, 0.2) is 34.9 Å². The molecule has 0 radical (unpaired) electrons. The molecule has 1 aliphatic rings. The zero-order chi connectivity index (χ0) is 16.2. The molecule has 2 heterocycles. The minimum atomic E-state index is -0.481. The molecular formula is C17H20N2O4. The van der Waals surface area contributed by atoms with Gasteiger partial charge >= 0.3 is 5.97 Å². The van der Waals surface area contributed by atoms with E-state index in [9.17, 15) is 4.79 Å². The molecule has 0 bridgehead atoms. The number of methoxy groups -OCH3 is 2. The van der Waals surface area contributed by atoms with Gasteiger partial charge in [0.25, 0.3) is 0 Å². The predicted molar refractivity (Wildman–Crippen MR) is 83.2 cm³/mol. The van der Waals surface area contributed by atoms with E-state index in [1.807, 2.05) is 12.1 Å². The van der Waals surface area contributed by atoms with Gasteiger partial charge in [-0.2, -0.15) is 0 Å². The quantitative estimate of drug-likeness (QED) is 0.790. The summed E-state index contributed by atoms with van der Waals surface area (Å²) in [6.45, 7) is 1.54. The Balaban J connectivity index is 1.74. The number of ether oxygens (including phenoxy) is 2. The van der Waals surface area contributed by atoms with Crippen molar-refractivity contribution in [1.82, 2.24) is 9.88 Å². The molecule has 6 nitrogen and oxygen atoms in total.